The molecule has 1 aromatic rings. The van der Waals surface area contributed by atoms with Gasteiger partial charge in [0.15, 0.2) is 0 Å². The summed E-state index contributed by atoms with van der Waals surface area (Å²) >= 11 is 0. The average Bonchev–Trinajstić information content (AvgIpc) is 2.60. The van der Waals surface area contributed by atoms with E-state index in [1.807, 2.05) is 25.2 Å². The summed E-state index contributed by atoms with van der Waals surface area (Å²) in [5.74, 6) is 1.31. The van der Waals surface area contributed by atoms with Crippen LogP contribution in [0.2, 0.25) is 0 Å². The molecule has 2 unspecified atom stereocenters. The van der Waals surface area contributed by atoms with E-state index in [0.717, 1.165) is 13.1 Å². The molecule has 0 saturated carbocycles. The highest BCUT2D eigenvalue weighted by Crippen LogP contribution is 2.22. The third-order valence-corrected chi connectivity index (χ3v) is 4.74. The van der Waals surface area contributed by atoms with Crippen molar-refractivity contribution in [3.8, 4) is 0 Å². The molecule has 4 nitrogen and oxygen atoms in total. The van der Waals surface area contributed by atoms with Crippen molar-refractivity contribution in [2.75, 3.05) is 33.3 Å². The van der Waals surface area contributed by atoms with Gasteiger partial charge in [0, 0.05) is 20.0 Å². The van der Waals surface area contributed by atoms with Crippen molar-refractivity contribution in [1.29, 1.82) is 0 Å². The molecule has 0 spiro atoms. The van der Waals surface area contributed by atoms with Crippen molar-refractivity contribution < 1.29 is 9.53 Å². The lowest BCUT2D eigenvalue weighted by atomic mass is 9.85. The zero-order valence-electron chi connectivity index (χ0n) is 14.9. The summed E-state index contributed by atoms with van der Waals surface area (Å²) in [6, 6.07) is 10.1. The van der Waals surface area contributed by atoms with Gasteiger partial charge in [0.1, 0.15) is 0 Å². The van der Waals surface area contributed by atoms with Crippen molar-refractivity contribution in [2.45, 2.75) is 32.8 Å². The highest BCUT2D eigenvalue weighted by atomic mass is 35.5. The molecule has 1 N–H and O–H groups in total. The second-order valence-electron chi connectivity index (χ2n) is 6.64. The van der Waals surface area contributed by atoms with Gasteiger partial charge in [-0.05, 0) is 43.3 Å². The number of hydrogen-bond donors (Lipinski definition) is 1. The van der Waals surface area contributed by atoms with Crippen molar-refractivity contribution in [3.05, 3.63) is 35.9 Å². The lowest BCUT2D eigenvalue weighted by Crippen LogP contribution is -2.36. The number of rotatable bonds is 8. The van der Waals surface area contributed by atoms with Crippen LogP contribution < -0.4 is 5.32 Å². The number of likely N-dealkylation sites (N-methyl/N-ethyl adjacent to an activating group) is 1. The number of halogens is 1. The summed E-state index contributed by atoms with van der Waals surface area (Å²) < 4.78 is 5.66. The fourth-order valence-corrected chi connectivity index (χ4v) is 3.05. The molecule has 0 aromatic heterocycles. The van der Waals surface area contributed by atoms with Crippen LogP contribution in [0.3, 0.4) is 0 Å². The average molecular weight is 355 g/mol. The molecule has 24 heavy (non-hydrogen) atoms. The minimum atomic E-state index is 0. The van der Waals surface area contributed by atoms with Crippen molar-refractivity contribution in [3.63, 3.8) is 0 Å². The van der Waals surface area contributed by atoms with Crippen LogP contribution in [0.5, 0.6) is 0 Å². The molecule has 1 heterocycles. The molecule has 1 aromatic carbocycles. The van der Waals surface area contributed by atoms with Gasteiger partial charge in [0.25, 0.3) is 0 Å². The molecule has 0 aliphatic carbocycles. The van der Waals surface area contributed by atoms with E-state index in [1.54, 1.807) is 4.90 Å². The van der Waals surface area contributed by atoms with E-state index >= 15 is 0 Å². The predicted molar refractivity (Wildman–Crippen MR) is 100 cm³/mol. The molecule has 2 rings (SSSR count). The number of hydrogen-bond acceptors (Lipinski definition) is 3. The Bertz CT molecular complexity index is 464. The molecule has 1 amide bonds. The van der Waals surface area contributed by atoms with E-state index in [1.165, 1.54) is 18.4 Å². The van der Waals surface area contributed by atoms with E-state index in [2.05, 4.69) is 24.4 Å². The third kappa shape index (κ3) is 7.20. The predicted octanol–water partition coefficient (Wildman–Crippen LogP) is 3.11. The van der Waals surface area contributed by atoms with E-state index in [4.69, 9.17) is 4.74 Å². The standard InChI is InChI=1S/C19H30N2O2.ClH/c1-16(18-9-6-10-20-14-18)13-19(22)21(2)11-12-23-15-17-7-4-3-5-8-17;/h3-5,7-8,16,18,20H,6,9-15H2,1-2H3;1H. The molecule has 0 bridgehead atoms. The first-order valence-corrected chi connectivity index (χ1v) is 8.73. The number of nitrogens with one attached hydrogen (secondary N) is 1. The van der Waals surface area contributed by atoms with Gasteiger partial charge in [0.2, 0.25) is 5.91 Å². The van der Waals surface area contributed by atoms with E-state index in [0.29, 0.717) is 38.0 Å². The molecule has 2 atom stereocenters. The number of carbonyl (C=O) groups is 1. The van der Waals surface area contributed by atoms with E-state index in [-0.39, 0.29) is 18.3 Å². The lowest BCUT2D eigenvalue weighted by Gasteiger charge is -2.29. The Hall–Kier alpha value is -1.10. The minimum Gasteiger partial charge on any atom is -0.375 e. The quantitative estimate of drug-likeness (QED) is 0.729. The second kappa shape index (κ2) is 11.5. The van der Waals surface area contributed by atoms with Gasteiger partial charge < -0.3 is 15.0 Å². The van der Waals surface area contributed by atoms with Crippen molar-refractivity contribution >= 4 is 18.3 Å². The number of nitrogens with zero attached hydrogens (tertiary/aromatic N) is 1. The molecule has 1 fully saturated rings. The Morgan fingerprint density at radius 1 is 1.38 bits per heavy atom. The topological polar surface area (TPSA) is 41.6 Å². The van der Waals surface area contributed by atoms with Gasteiger partial charge in [-0.25, -0.2) is 0 Å². The van der Waals surface area contributed by atoms with Gasteiger partial charge >= 0.3 is 0 Å². The maximum atomic E-state index is 12.3. The monoisotopic (exact) mass is 354 g/mol. The Labute approximate surface area is 152 Å². The first-order valence-electron chi connectivity index (χ1n) is 8.73. The van der Waals surface area contributed by atoms with Crippen LogP contribution in [0.1, 0.15) is 31.7 Å². The largest absolute Gasteiger partial charge is 0.375 e. The maximum Gasteiger partial charge on any atom is 0.222 e. The molecule has 136 valence electrons. The van der Waals surface area contributed by atoms with Gasteiger partial charge in [-0.2, -0.15) is 0 Å². The fourth-order valence-electron chi connectivity index (χ4n) is 3.05. The summed E-state index contributed by atoms with van der Waals surface area (Å²) in [4.78, 5) is 14.1. The normalized spacial score (nSPS) is 18.5. The molecule has 0 radical (unpaired) electrons. The van der Waals surface area contributed by atoms with E-state index in [9.17, 15) is 4.79 Å². The first-order chi connectivity index (χ1) is 11.2. The van der Waals surface area contributed by atoms with Crippen LogP contribution in [0.15, 0.2) is 30.3 Å². The molecule has 1 aliphatic heterocycles. The van der Waals surface area contributed by atoms with Crippen LogP contribution >= 0.6 is 12.4 Å². The van der Waals surface area contributed by atoms with Crippen molar-refractivity contribution in [1.82, 2.24) is 10.2 Å². The number of ether oxygens (including phenoxy) is 1. The zero-order valence-corrected chi connectivity index (χ0v) is 15.7. The molecule has 5 heteroatoms. The lowest BCUT2D eigenvalue weighted by molar-refractivity contribution is -0.132. The number of carbonyl (C=O) groups excluding carboxylic acids is 1. The Balaban J connectivity index is 0.00000288. The summed E-state index contributed by atoms with van der Waals surface area (Å²) in [5.41, 5.74) is 1.17. The number of amides is 1. The van der Waals surface area contributed by atoms with E-state index < -0.39 is 0 Å². The maximum absolute atomic E-state index is 12.3. The van der Waals surface area contributed by atoms with Gasteiger partial charge in [-0.3, -0.25) is 4.79 Å². The summed E-state index contributed by atoms with van der Waals surface area (Å²) in [6.45, 7) is 6.22. The molecular weight excluding hydrogens is 324 g/mol. The number of piperidine rings is 1. The summed E-state index contributed by atoms with van der Waals surface area (Å²) in [6.07, 6.45) is 3.11. The highest BCUT2D eigenvalue weighted by molar-refractivity contribution is 5.85. The Morgan fingerprint density at radius 3 is 2.79 bits per heavy atom. The highest BCUT2D eigenvalue weighted by Gasteiger charge is 2.23. The molecule has 1 saturated heterocycles. The number of benzene rings is 1. The van der Waals surface area contributed by atoms with Gasteiger partial charge in [-0.1, -0.05) is 37.3 Å². The molecular formula is C19H31ClN2O2. The molecule has 1 aliphatic rings. The van der Waals surface area contributed by atoms with Gasteiger partial charge in [0.05, 0.1) is 13.2 Å². The smallest absolute Gasteiger partial charge is 0.222 e. The fraction of sp³-hybridized carbons (Fsp3) is 0.632. The summed E-state index contributed by atoms with van der Waals surface area (Å²) in [5, 5.41) is 3.43. The van der Waals surface area contributed by atoms with Gasteiger partial charge in [-0.15, -0.1) is 12.4 Å². The van der Waals surface area contributed by atoms with Crippen molar-refractivity contribution in [2.24, 2.45) is 11.8 Å². The van der Waals surface area contributed by atoms with Crippen LogP contribution in [0.25, 0.3) is 0 Å². The Kier molecular flexibility index (Phi) is 9.99. The second-order valence-corrected chi connectivity index (χ2v) is 6.64. The van der Waals surface area contributed by atoms with Crippen LogP contribution in [0.4, 0.5) is 0 Å². The first kappa shape index (κ1) is 20.9. The SMILES string of the molecule is CC(CC(=O)N(C)CCOCc1ccccc1)C1CCCNC1.Cl. The minimum absolute atomic E-state index is 0. The summed E-state index contributed by atoms with van der Waals surface area (Å²) in [7, 11) is 1.88. The van der Waals surface area contributed by atoms with Crippen LogP contribution in [0, 0.1) is 11.8 Å². The zero-order chi connectivity index (χ0) is 16.5. The Morgan fingerprint density at radius 2 is 2.12 bits per heavy atom. The van der Waals surface area contributed by atoms with Crippen LogP contribution in [-0.2, 0) is 16.1 Å². The third-order valence-electron chi connectivity index (χ3n) is 4.74. The van der Waals surface area contributed by atoms with Crippen LogP contribution in [-0.4, -0.2) is 44.1 Å².